The molecule has 0 atom stereocenters. The number of anilines is 1. The summed E-state index contributed by atoms with van der Waals surface area (Å²) >= 11 is 4.82. The molecule has 4 nitrogen and oxygen atoms in total. The molecule has 0 aliphatic rings. The average Bonchev–Trinajstić information content (AvgIpc) is 2.73. The third-order valence-corrected chi connectivity index (χ3v) is 3.95. The van der Waals surface area contributed by atoms with Gasteiger partial charge in [0.1, 0.15) is 6.61 Å². The molecule has 0 aliphatic carbocycles. The molecule has 2 N–H and O–H groups in total. The van der Waals surface area contributed by atoms with Crippen molar-refractivity contribution in [3.8, 4) is 5.19 Å². The zero-order valence-electron chi connectivity index (χ0n) is 10.2. The van der Waals surface area contributed by atoms with Crippen molar-refractivity contribution in [2.24, 2.45) is 5.84 Å². The molecule has 96 valence electrons. The fourth-order valence-corrected chi connectivity index (χ4v) is 2.66. The number of aromatic nitrogens is 1. The van der Waals surface area contributed by atoms with Gasteiger partial charge in [0.15, 0.2) is 0 Å². The van der Waals surface area contributed by atoms with E-state index in [1.807, 2.05) is 32.2 Å². The SMILES string of the molecule is Cc1cccc(N(C)N)c1COc1ncc(Br)s1. The summed E-state index contributed by atoms with van der Waals surface area (Å²) in [6.45, 7) is 2.51. The highest BCUT2D eigenvalue weighted by atomic mass is 79.9. The predicted molar refractivity (Wildman–Crippen MR) is 77.9 cm³/mol. The molecule has 0 bridgehead atoms. The molecule has 0 saturated heterocycles. The van der Waals surface area contributed by atoms with E-state index in [-0.39, 0.29) is 0 Å². The third kappa shape index (κ3) is 3.01. The minimum Gasteiger partial charge on any atom is -0.465 e. The number of halogens is 1. The molecule has 0 unspecified atom stereocenters. The number of benzene rings is 1. The highest BCUT2D eigenvalue weighted by Crippen LogP contribution is 2.28. The van der Waals surface area contributed by atoms with Crippen molar-refractivity contribution < 1.29 is 4.74 Å². The van der Waals surface area contributed by atoms with Crippen LogP contribution in [0, 0.1) is 6.92 Å². The lowest BCUT2D eigenvalue weighted by atomic mass is 10.1. The Morgan fingerprint density at radius 2 is 2.28 bits per heavy atom. The standard InChI is InChI=1S/C12H14BrN3OS/c1-8-4-3-5-10(16(2)14)9(8)7-17-12-15-6-11(13)18-12/h3-6H,7,14H2,1-2H3. The Kier molecular flexibility index (Phi) is 4.21. The summed E-state index contributed by atoms with van der Waals surface area (Å²) in [6.07, 6.45) is 1.73. The first-order valence-corrected chi connectivity index (χ1v) is 7.00. The molecule has 0 spiro atoms. The van der Waals surface area contributed by atoms with Gasteiger partial charge in [-0.2, -0.15) is 0 Å². The average molecular weight is 328 g/mol. The maximum absolute atomic E-state index is 5.81. The van der Waals surface area contributed by atoms with Crippen LogP contribution in [0.25, 0.3) is 0 Å². The van der Waals surface area contributed by atoms with Crippen LogP contribution in [-0.2, 0) is 6.61 Å². The predicted octanol–water partition coefficient (Wildman–Crippen LogP) is 3.10. The van der Waals surface area contributed by atoms with Gasteiger partial charge in [0, 0.05) is 12.6 Å². The second-order valence-corrected chi connectivity index (χ2v) is 6.27. The van der Waals surface area contributed by atoms with Gasteiger partial charge in [0.25, 0.3) is 5.19 Å². The number of hydrazine groups is 1. The first-order valence-electron chi connectivity index (χ1n) is 5.39. The van der Waals surface area contributed by atoms with Crippen molar-refractivity contribution in [1.82, 2.24) is 4.98 Å². The summed E-state index contributed by atoms with van der Waals surface area (Å²) in [4.78, 5) is 4.14. The van der Waals surface area contributed by atoms with Gasteiger partial charge in [-0.25, -0.2) is 10.8 Å². The van der Waals surface area contributed by atoms with Crippen LogP contribution in [0.2, 0.25) is 0 Å². The summed E-state index contributed by atoms with van der Waals surface area (Å²) in [5.41, 5.74) is 3.19. The zero-order valence-corrected chi connectivity index (χ0v) is 12.6. The Hall–Kier alpha value is -1.11. The van der Waals surface area contributed by atoms with E-state index in [2.05, 4.69) is 20.9 Å². The quantitative estimate of drug-likeness (QED) is 0.692. The second kappa shape index (κ2) is 5.69. The maximum Gasteiger partial charge on any atom is 0.274 e. The first-order chi connectivity index (χ1) is 8.58. The van der Waals surface area contributed by atoms with E-state index in [1.165, 1.54) is 11.3 Å². The largest absolute Gasteiger partial charge is 0.465 e. The first kappa shape index (κ1) is 13.3. The summed E-state index contributed by atoms with van der Waals surface area (Å²) in [5, 5.41) is 2.25. The Morgan fingerprint density at radius 3 is 2.89 bits per heavy atom. The minimum absolute atomic E-state index is 0.462. The second-order valence-electron chi connectivity index (χ2n) is 3.90. The van der Waals surface area contributed by atoms with E-state index in [4.69, 9.17) is 10.6 Å². The van der Waals surface area contributed by atoms with Crippen LogP contribution in [0.1, 0.15) is 11.1 Å². The highest BCUT2D eigenvalue weighted by molar-refractivity contribution is 9.11. The molecule has 0 saturated carbocycles. The van der Waals surface area contributed by atoms with E-state index >= 15 is 0 Å². The number of hydrogen-bond acceptors (Lipinski definition) is 5. The van der Waals surface area contributed by atoms with Crippen LogP contribution in [0.15, 0.2) is 28.2 Å². The molecule has 2 aromatic rings. The number of nitrogens with zero attached hydrogens (tertiary/aromatic N) is 2. The Balaban J connectivity index is 2.18. The summed E-state index contributed by atoms with van der Waals surface area (Å²) in [7, 11) is 1.82. The fourth-order valence-electron chi connectivity index (χ4n) is 1.65. The summed E-state index contributed by atoms with van der Waals surface area (Å²) in [6, 6.07) is 6.00. The van der Waals surface area contributed by atoms with Crippen LogP contribution in [-0.4, -0.2) is 12.0 Å². The number of thiazole rings is 1. The minimum atomic E-state index is 0.462. The number of rotatable bonds is 4. The van der Waals surface area contributed by atoms with Gasteiger partial charge < -0.3 is 9.75 Å². The molecule has 1 heterocycles. The van der Waals surface area contributed by atoms with Gasteiger partial charge in [0.05, 0.1) is 15.7 Å². The topological polar surface area (TPSA) is 51.4 Å². The molecule has 0 fully saturated rings. The van der Waals surface area contributed by atoms with Crippen LogP contribution in [0.4, 0.5) is 5.69 Å². The lowest BCUT2D eigenvalue weighted by Crippen LogP contribution is -2.26. The van der Waals surface area contributed by atoms with Crippen LogP contribution in [0.3, 0.4) is 0 Å². The van der Waals surface area contributed by atoms with Crippen LogP contribution < -0.4 is 15.6 Å². The van der Waals surface area contributed by atoms with Gasteiger partial charge in [-0.3, -0.25) is 0 Å². The van der Waals surface area contributed by atoms with Crippen molar-refractivity contribution >= 4 is 33.0 Å². The molecule has 0 radical (unpaired) electrons. The van der Waals surface area contributed by atoms with E-state index in [1.54, 1.807) is 11.2 Å². The Morgan fingerprint density at radius 1 is 1.50 bits per heavy atom. The molecule has 1 aromatic heterocycles. The van der Waals surface area contributed by atoms with Crippen molar-refractivity contribution in [1.29, 1.82) is 0 Å². The molecular formula is C12H14BrN3OS. The molecular weight excluding hydrogens is 314 g/mol. The fraction of sp³-hybridized carbons (Fsp3) is 0.250. The van der Waals surface area contributed by atoms with E-state index in [9.17, 15) is 0 Å². The van der Waals surface area contributed by atoms with Crippen molar-refractivity contribution in [3.63, 3.8) is 0 Å². The van der Waals surface area contributed by atoms with Gasteiger partial charge in [-0.15, -0.1) is 0 Å². The number of hydrogen-bond donors (Lipinski definition) is 1. The van der Waals surface area contributed by atoms with Gasteiger partial charge in [-0.05, 0) is 34.5 Å². The van der Waals surface area contributed by atoms with E-state index < -0.39 is 0 Å². The molecule has 0 amide bonds. The molecule has 2 rings (SSSR count). The van der Waals surface area contributed by atoms with E-state index in [0.717, 1.165) is 20.6 Å². The lowest BCUT2D eigenvalue weighted by Gasteiger charge is -2.18. The normalized spacial score (nSPS) is 10.4. The van der Waals surface area contributed by atoms with Gasteiger partial charge in [-0.1, -0.05) is 23.5 Å². The number of ether oxygens (including phenoxy) is 1. The van der Waals surface area contributed by atoms with Gasteiger partial charge >= 0.3 is 0 Å². The van der Waals surface area contributed by atoms with Crippen molar-refractivity contribution in [2.75, 3.05) is 12.1 Å². The van der Waals surface area contributed by atoms with Crippen molar-refractivity contribution in [2.45, 2.75) is 13.5 Å². The van der Waals surface area contributed by atoms with Gasteiger partial charge in [0.2, 0.25) is 0 Å². The third-order valence-electron chi connectivity index (χ3n) is 2.56. The summed E-state index contributed by atoms with van der Waals surface area (Å²) < 4.78 is 6.64. The van der Waals surface area contributed by atoms with E-state index in [0.29, 0.717) is 11.8 Å². The van der Waals surface area contributed by atoms with Crippen molar-refractivity contribution in [3.05, 3.63) is 39.3 Å². The molecule has 0 aliphatic heterocycles. The zero-order chi connectivity index (χ0) is 13.1. The Bertz CT molecular complexity index is 542. The lowest BCUT2D eigenvalue weighted by molar-refractivity contribution is 0.304. The highest BCUT2D eigenvalue weighted by Gasteiger charge is 2.09. The smallest absolute Gasteiger partial charge is 0.274 e. The molecule has 18 heavy (non-hydrogen) atoms. The molecule has 1 aromatic carbocycles. The Labute approximate surface area is 118 Å². The summed E-state index contributed by atoms with van der Waals surface area (Å²) in [5.74, 6) is 5.81. The number of aryl methyl sites for hydroxylation is 1. The maximum atomic E-state index is 5.81. The van der Waals surface area contributed by atoms with Crippen LogP contribution in [0.5, 0.6) is 5.19 Å². The number of nitrogens with two attached hydrogens (primary N) is 1. The molecule has 6 heteroatoms. The monoisotopic (exact) mass is 327 g/mol. The van der Waals surface area contributed by atoms with Crippen LogP contribution >= 0.6 is 27.3 Å².